The third kappa shape index (κ3) is 3.82. The first-order valence-corrected chi connectivity index (χ1v) is 9.09. The maximum absolute atomic E-state index is 12.7. The number of nitrogens with one attached hydrogen (secondary N) is 3. The summed E-state index contributed by atoms with van der Waals surface area (Å²) in [6.45, 7) is 1.54. The largest absolute Gasteiger partial charge is 0.355 e. The number of fused-ring (bicyclic) bond motifs is 2. The fraction of sp³-hybridized carbons (Fsp3) is 0.0952. The molecule has 28 heavy (non-hydrogen) atoms. The van der Waals surface area contributed by atoms with Gasteiger partial charge in [-0.15, -0.1) is 0 Å². The van der Waals surface area contributed by atoms with Gasteiger partial charge >= 0.3 is 0 Å². The molecule has 0 unspecified atom stereocenters. The monoisotopic (exact) mass is 392 g/mol. The minimum Gasteiger partial charge on any atom is -0.355 e. The summed E-state index contributed by atoms with van der Waals surface area (Å²) < 4.78 is 0. The van der Waals surface area contributed by atoms with Crippen LogP contribution in [0.25, 0.3) is 0 Å². The number of ketones is 1. The number of carbonyl (C=O) groups excluding carboxylic acids is 2. The van der Waals surface area contributed by atoms with E-state index < -0.39 is 0 Å². The summed E-state index contributed by atoms with van der Waals surface area (Å²) in [5.74, 6) is -0.136. The zero-order chi connectivity index (χ0) is 19.7. The van der Waals surface area contributed by atoms with Crippen molar-refractivity contribution in [1.29, 1.82) is 0 Å². The highest BCUT2D eigenvalue weighted by molar-refractivity contribution is 6.29. The second kappa shape index (κ2) is 7.32. The van der Waals surface area contributed by atoms with Crippen LogP contribution in [0.1, 0.15) is 22.8 Å². The van der Waals surface area contributed by atoms with E-state index in [2.05, 4.69) is 20.9 Å². The van der Waals surface area contributed by atoms with E-state index in [-0.39, 0.29) is 11.7 Å². The van der Waals surface area contributed by atoms with Gasteiger partial charge in [-0.1, -0.05) is 17.7 Å². The number of nitrogens with zero attached hydrogens (tertiary/aromatic N) is 1. The summed E-state index contributed by atoms with van der Waals surface area (Å²) in [4.78, 5) is 28.0. The molecule has 7 heteroatoms. The number of pyridine rings is 1. The Labute approximate surface area is 166 Å². The molecule has 0 radical (unpaired) electrons. The first-order chi connectivity index (χ1) is 13.5. The van der Waals surface area contributed by atoms with Crippen molar-refractivity contribution in [3.05, 3.63) is 71.0 Å². The molecule has 2 heterocycles. The van der Waals surface area contributed by atoms with Crippen LogP contribution in [0, 0.1) is 0 Å². The maximum atomic E-state index is 12.7. The SMILES string of the molecule is CC(=O)Cc1ccc2c(c1)NC(=O)c1ccc(Nc3ccnc(Cl)c3)cc1N2. The number of halogens is 1. The highest BCUT2D eigenvalue weighted by atomic mass is 35.5. The van der Waals surface area contributed by atoms with E-state index >= 15 is 0 Å². The van der Waals surface area contributed by atoms with Gasteiger partial charge in [-0.25, -0.2) is 4.98 Å². The Hall–Kier alpha value is -3.38. The van der Waals surface area contributed by atoms with E-state index in [0.717, 1.165) is 22.6 Å². The van der Waals surface area contributed by atoms with Gasteiger partial charge in [0.1, 0.15) is 10.9 Å². The van der Waals surface area contributed by atoms with Crippen molar-refractivity contribution in [3.63, 3.8) is 0 Å². The summed E-state index contributed by atoms with van der Waals surface area (Å²) in [6, 6.07) is 14.5. The highest BCUT2D eigenvalue weighted by Crippen LogP contribution is 2.34. The number of anilines is 5. The lowest BCUT2D eigenvalue weighted by molar-refractivity contribution is -0.116. The normalized spacial score (nSPS) is 12.1. The number of benzene rings is 2. The van der Waals surface area contributed by atoms with E-state index in [4.69, 9.17) is 11.6 Å². The van der Waals surface area contributed by atoms with Gasteiger partial charge in [0.25, 0.3) is 5.91 Å². The molecule has 2 aromatic carbocycles. The van der Waals surface area contributed by atoms with Crippen LogP contribution < -0.4 is 16.0 Å². The van der Waals surface area contributed by atoms with Crippen LogP contribution in [-0.2, 0) is 11.2 Å². The molecule has 0 saturated heterocycles. The van der Waals surface area contributed by atoms with Gasteiger partial charge in [-0.05, 0) is 55.0 Å². The van der Waals surface area contributed by atoms with Crippen molar-refractivity contribution >= 4 is 51.7 Å². The molecule has 1 amide bonds. The van der Waals surface area contributed by atoms with Crippen molar-refractivity contribution < 1.29 is 9.59 Å². The summed E-state index contributed by atoms with van der Waals surface area (Å²) in [7, 11) is 0. The van der Waals surface area contributed by atoms with Crippen molar-refractivity contribution in [2.75, 3.05) is 16.0 Å². The minimum absolute atomic E-state index is 0.0723. The topological polar surface area (TPSA) is 83.1 Å². The van der Waals surface area contributed by atoms with E-state index in [9.17, 15) is 9.59 Å². The first kappa shape index (κ1) is 18.0. The van der Waals surface area contributed by atoms with Gasteiger partial charge in [0.15, 0.2) is 0 Å². The van der Waals surface area contributed by atoms with Crippen molar-refractivity contribution in [1.82, 2.24) is 4.98 Å². The summed E-state index contributed by atoms with van der Waals surface area (Å²) in [5.41, 5.74) is 5.09. The van der Waals surface area contributed by atoms with E-state index in [0.29, 0.717) is 28.5 Å². The third-order valence-corrected chi connectivity index (χ3v) is 4.54. The molecule has 0 spiro atoms. The molecule has 3 N–H and O–H groups in total. The van der Waals surface area contributed by atoms with E-state index in [1.165, 1.54) is 0 Å². The molecule has 1 aliphatic rings. The molecule has 140 valence electrons. The minimum atomic E-state index is -0.209. The van der Waals surface area contributed by atoms with Crippen LogP contribution in [0.15, 0.2) is 54.7 Å². The van der Waals surface area contributed by atoms with E-state index in [1.807, 2.05) is 36.4 Å². The molecule has 0 aliphatic carbocycles. The zero-order valence-electron chi connectivity index (χ0n) is 15.0. The fourth-order valence-corrected chi connectivity index (χ4v) is 3.28. The number of rotatable bonds is 4. The summed E-state index contributed by atoms with van der Waals surface area (Å²) >= 11 is 5.93. The van der Waals surface area contributed by atoms with Crippen LogP contribution in [0.3, 0.4) is 0 Å². The highest BCUT2D eigenvalue weighted by Gasteiger charge is 2.19. The summed E-state index contributed by atoms with van der Waals surface area (Å²) in [6.07, 6.45) is 1.95. The molecule has 0 fully saturated rings. The zero-order valence-corrected chi connectivity index (χ0v) is 15.8. The number of aromatic nitrogens is 1. The predicted molar refractivity (Wildman–Crippen MR) is 111 cm³/mol. The number of hydrogen-bond acceptors (Lipinski definition) is 5. The van der Waals surface area contributed by atoms with Crippen LogP contribution in [0.2, 0.25) is 5.15 Å². The lowest BCUT2D eigenvalue weighted by Gasteiger charge is -2.12. The standard InChI is InChI=1S/C21H17ClN4O2/c1-12(27)8-13-2-5-17-19(9-13)26-21(28)16-4-3-14(10-18(16)25-17)24-15-6-7-23-20(22)11-15/h2-7,9-11,25H,8H2,1H3,(H,23,24)(H,26,28). The number of carbonyl (C=O) groups is 2. The lowest BCUT2D eigenvalue weighted by atomic mass is 10.1. The van der Waals surface area contributed by atoms with Crippen LogP contribution in [0.5, 0.6) is 0 Å². The number of amides is 1. The average Bonchev–Trinajstić information content (AvgIpc) is 2.76. The molecule has 0 atom stereocenters. The second-order valence-electron chi connectivity index (χ2n) is 6.59. The molecule has 1 aromatic heterocycles. The van der Waals surface area contributed by atoms with Crippen molar-refractivity contribution in [2.24, 2.45) is 0 Å². The lowest BCUT2D eigenvalue weighted by Crippen LogP contribution is -2.11. The average molecular weight is 393 g/mol. The van der Waals surface area contributed by atoms with E-state index in [1.54, 1.807) is 25.3 Å². The molecule has 3 aromatic rings. The molecule has 4 rings (SSSR count). The predicted octanol–water partition coefficient (Wildman–Crippen LogP) is 4.92. The van der Waals surface area contributed by atoms with Crippen molar-refractivity contribution in [2.45, 2.75) is 13.3 Å². The van der Waals surface area contributed by atoms with Crippen molar-refractivity contribution in [3.8, 4) is 0 Å². The summed E-state index contributed by atoms with van der Waals surface area (Å²) in [5, 5.41) is 9.86. The molecule has 0 saturated carbocycles. The molecular formula is C21H17ClN4O2. The molecular weight excluding hydrogens is 376 g/mol. The van der Waals surface area contributed by atoms with Crippen LogP contribution >= 0.6 is 11.6 Å². The molecule has 0 bridgehead atoms. The smallest absolute Gasteiger partial charge is 0.257 e. The van der Waals surface area contributed by atoms with Gasteiger partial charge in [0.05, 0.1) is 22.6 Å². The first-order valence-electron chi connectivity index (χ1n) is 8.71. The Kier molecular flexibility index (Phi) is 4.71. The number of Topliss-reactive ketones (excluding diaryl/α,β-unsaturated/α-hetero) is 1. The maximum Gasteiger partial charge on any atom is 0.257 e. The Morgan fingerprint density at radius 1 is 1.00 bits per heavy atom. The van der Waals surface area contributed by atoms with Gasteiger partial charge < -0.3 is 16.0 Å². The Morgan fingerprint density at radius 3 is 2.61 bits per heavy atom. The van der Waals surface area contributed by atoms with Gasteiger partial charge in [0, 0.05) is 24.0 Å². The quantitative estimate of drug-likeness (QED) is 0.549. The number of hydrogen-bond donors (Lipinski definition) is 3. The van der Waals surface area contributed by atoms with Crippen LogP contribution in [-0.4, -0.2) is 16.7 Å². The van der Waals surface area contributed by atoms with Crippen LogP contribution in [0.4, 0.5) is 28.4 Å². The molecule has 6 nitrogen and oxygen atoms in total. The third-order valence-electron chi connectivity index (χ3n) is 4.33. The van der Waals surface area contributed by atoms with Gasteiger partial charge in [-0.2, -0.15) is 0 Å². The van der Waals surface area contributed by atoms with Gasteiger partial charge in [0.2, 0.25) is 0 Å². The Balaban J connectivity index is 1.65. The Morgan fingerprint density at radius 2 is 1.82 bits per heavy atom. The fourth-order valence-electron chi connectivity index (χ4n) is 3.11. The Bertz CT molecular complexity index is 1100. The van der Waals surface area contributed by atoms with Gasteiger partial charge in [-0.3, -0.25) is 9.59 Å². The second-order valence-corrected chi connectivity index (χ2v) is 6.98. The molecule has 1 aliphatic heterocycles.